The average Bonchev–Trinajstić information content (AvgIpc) is 2.68. The van der Waals surface area contributed by atoms with E-state index < -0.39 is 11.9 Å². The third kappa shape index (κ3) is 6.89. The highest BCUT2D eigenvalue weighted by atomic mass is 16.5. The van der Waals surface area contributed by atoms with E-state index in [1.165, 1.54) is 7.11 Å². The molecule has 2 rings (SSSR count). The van der Waals surface area contributed by atoms with Crippen molar-refractivity contribution in [2.24, 2.45) is 0 Å². The van der Waals surface area contributed by atoms with Crippen LogP contribution in [0.2, 0.25) is 0 Å². The lowest BCUT2D eigenvalue weighted by Gasteiger charge is -2.10. The summed E-state index contributed by atoms with van der Waals surface area (Å²) < 4.78 is 20.9. The standard InChI is InChI=1S/C20H23NO6/c1-3-25-15-8-10-16(11-9-15)26-13-12-20(23)27-14-19(22)21-17-6-4-5-7-18(17)24-2/h4-11H,3,12-14H2,1-2H3,(H,21,22). The Morgan fingerprint density at radius 1 is 0.963 bits per heavy atom. The number of carbonyl (C=O) groups excluding carboxylic acids is 2. The van der Waals surface area contributed by atoms with Crippen molar-refractivity contribution in [2.45, 2.75) is 13.3 Å². The highest BCUT2D eigenvalue weighted by Gasteiger charge is 2.10. The van der Waals surface area contributed by atoms with Crippen LogP contribution in [0.15, 0.2) is 48.5 Å². The molecule has 0 saturated carbocycles. The number of amides is 1. The fraction of sp³-hybridized carbons (Fsp3) is 0.300. The van der Waals surface area contributed by atoms with Gasteiger partial charge in [0.25, 0.3) is 5.91 Å². The molecule has 7 heteroatoms. The van der Waals surface area contributed by atoms with Crippen LogP contribution >= 0.6 is 0 Å². The number of hydrogen-bond acceptors (Lipinski definition) is 6. The summed E-state index contributed by atoms with van der Waals surface area (Å²) in [4.78, 5) is 23.6. The van der Waals surface area contributed by atoms with E-state index in [1.54, 1.807) is 48.5 Å². The number of carbonyl (C=O) groups is 2. The number of para-hydroxylation sites is 2. The summed E-state index contributed by atoms with van der Waals surface area (Å²) in [5.41, 5.74) is 0.514. The third-order valence-corrected chi connectivity index (χ3v) is 3.45. The number of methoxy groups -OCH3 is 1. The second-order valence-electron chi connectivity index (χ2n) is 5.41. The Hall–Kier alpha value is -3.22. The molecular weight excluding hydrogens is 350 g/mol. The Labute approximate surface area is 158 Å². The second-order valence-corrected chi connectivity index (χ2v) is 5.41. The molecule has 0 atom stereocenters. The molecule has 1 amide bonds. The first kappa shape index (κ1) is 20.1. The quantitative estimate of drug-likeness (QED) is 0.645. The van der Waals surface area contributed by atoms with Gasteiger partial charge in [-0.15, -0.1) is 0 Å². The van der Waals surface area contributed by atoms with Gasteiger partial charge in [-0.05, 0) is 43.3 Å². The van der Waals surface area contributed by atoms with Gasteiger partial charge < -0.3 is 24.3 Å². The van der Waals surface area contributed by atoms with E-state index in [-0.39, 0.29) is 19.6 Å². The van der Waals surface area contributed by atoms with Crippen molar-refractivity contribution in [2.75, 3.05) is 32.2 Å². The Bertz CT molecular complexity index is 744. The van der Waals surface area contributed by atoms with Crippen LogP contribution in [0.4, 0.5) is 5.69 Å². The molecule has 0 heterocycles. The summed E-state index contributed by atoms with van der Waals surface area (Å²) in [6, 6.07) is 14.1. The van der Waals surface area contributed by atoms with Gasteiger partial charge in [-0.2, -0.15) is 0 Å². The lowest BCUT2D eigenvalue weighted by molar-refractivity contribution is -0.147. The van der Waals surface area contributed by atoms with Crippen molar-refractivity contribution in [1.82, 2.24) is 0 Å². The van der Waals surface area contributed by atoms with Gasteiger partial charge in [-0.1, -0.05) is 12.1 Å². The van der Waals surface area contributed by atoms with Crippen LogP contribution in [0.5, 0.6) is 17.2 Å². The van der Waals surface area contributed by atoms with Gasteiger partial charge >= 0.3 is 5.97 Å². The van der Waals surface area contributed by atoms with Crippen LogP contribution in [0.3, 0.4) is 0 Å². The first-order chi connectivity index (χ1) is 13.1. The van der Waals surface area contributed by atoms with Crippen molar-refractivity contribution in [3.8, 4) is 17.2 Å². The van der Waals surface area contributed by atoms with Crippen LogP contribution < -0.4 is 19.5 Å². The first-order valence-corrected chi connectivity index (χ1v) is 8.56. The summed E-state index contributed by atoms with van der Waals surface area (Å²) in [6.45, 7) is 2.28. The maximum Gasteiger partial charge on any atom is 0.309 e. The number of benzene rings is 2. The molecule has 0 aliphatic rings. The first-order valence-electron chi connectivity index (χ1n) is 8.56. The Morgan fingerprint density at radius 3 is 2.30 bits per heavy atom. The average molecular weight is 373 g/mol. The molecular formula is C20H23NO6. The SMILES string of the molecule is CCOc1ccc(OCCC(=O)OCC(=O)Nc2ccccc2OC)cc1. The zero-order chi connectivity index (χ0) is 19.5. The van der Waals surface area contributed by atoms with E-state index in [0.29, 0.717) is 23.8 Å². The summed E-state index contributed by atoms with van der Waals surface area (Å²) in [7, 11) is 1.51. The van der Waals surface area contributed by atoms with Crippen LogP contribution in [0.25, 0.3) is 0 Å². The summed E-state index contributed by atoms with van der Waals surface area (Å²) in [5, 5.41) is 2.63. The summed E-state index contributed by atoms with van der Waals surface area (Å²) in [6.07, 6.45) is 0.0369. The predicted molar refractivity (Wildman–Crippen MR) is 100 cm³/mol. The zero-order valence-electron chi connectivity index (χ0n) is 15.4. The van der Waals surface area contributed by atoms with Crippen molar-refractivity contribution in [3.05, 3.63) is 48.5 Å². The van der Waals surface area contributed by atoms with Crippen molar-refractivity contribution >= 4 is 17.6 Å². The number of hydrogen-bond donors (Lipinski definition) is 1. The highest BCUT2D eigenvalue weighted by molar-refractivity contribution is 5.94. The fourth-order valence-corrected chi connectivity index (χ4v) is 2.20. The van der Waals surface area contributed by atoms with E-state index >= 15 is 0 Å². The van der Waals surface area contributed by atoms with Crippen molar-refractivity contribution in [1.29, 1.82) is 0 Å². The molecule has 0 bridgehead atoms. The summed E-state index contributed by atoms with van der Waals surface area (Å²) in [5.74, 6) is 0.947. The number of anilines is 1. The van der Waals surface area contributed by atoms with Gasteiger partial charge in [0.15, 0.2) is 6.61 Å². The predicted octanol–water partition coefficient (Wildman–Crippen LogP) is 3.04. The van der Waals surface area contributed by atoms with E-state index in [2.05, 4.69) is 5.32 Å². The lowest BCUT2D eigenvalue weighted by Crippen LogP contribution is -2.21. The monoisotopic (exact) mass is 373 g/mol. The zero-order valence-corrected chi connectivity index (χ0v) is 15.4. The van der Waals surface area contributed by atoms with E-state index in [9.17, 15) is 9.59 Å². The highest BCUT2D eigenvalue weighted by Crippen LogP contribution is 2.22. The maximum absolute atomic E-state index is 11.9. The van der Waals surface area contributed by atoms with Crippen LogP contribution in [0.1, 0.15) is 13.3 Å². The second kappa shape index (κ2) is 10.7. The number of rotatable bonds is 10. The minimum atomic E-state index is -0.517. The van der Waals surface area contributed by atoms with Crippen molar-refractivity contribution < 1.29 is 28.5 Å². The molecule has 7 nitrogen and oxygen atoms in total. The van der Waals surface area contributed by atoms with Gasteiger partial charge in [0.1, 0.15) is 17.2 Å². The lowest BCUT2D eigenvalue weighted by atomic mass is 10.3. The summed E-state index contributed by atoms with van der Waals surface area (Å²) >= 11 is 0. The molecule has 0 aliphatic heterocycles. The fourth-order valence-electron chi connectivity index (χ4n) is 2.20. The molecule has 27 heavy (non-hydrogen) atoms. The molecule has 1 N–H and O–H groups in total. The largest absolute Gasteiger partial charge is 0.495 e. The molecule has 0 saturated heterocycles. The smallest absolute Gasteiger partial charge is 0.309 e. The number of ether oxygens (including phenoxy) is 4. The third-order valence-electron chi connectivity index (χ3n) is 3.45. The number of esters is 1. The molecule has 0 radical (unpaired) electrons. The minimum absolute atomic E-state index is 0.0369. The van der Waals surface area contributed by atoms with E-state index in [1.807, 2.05) is 6.92 Å². The van der Waals surface area contributed by atoms with Gasteiger partial charge in [0, 0.05) is 0 Å². The van der Waals surface area contributed by atoms with E-state index in [4.69, 9.17) is 18.9 Å². The van der Waals surface area contributed by atoms with Crippen molar-refractivity contribution in [3.63, 3.8) is 0 Å². The number of nitrogens with one attached hydrogen (secondary N) is 1. The Kier molecular flexibility index (Phi) is 7.96. The topological polar surface area (TPSA) is 83.1 Å². The normalized spacial score (nSPS) is 10.0. The van der Waals surface area contributed by atoms with Gasteiger partial charge in [0.2, 0.25) is 0 Å². The molecule has 0 spiro atoms. The molecule has 2 aromatic carbocycles. The van der Waals surface area contributed by atoms with E-state index in [0.717, 1.165) is 5.75 Å². The van der Waals surface area contributed by atoms with Crippen LogP contribution in [-0.4, -0.2) is 38.8 Å². The Balaban J connectivity index is 1.67. The molecule has 0 aliphatic carbocycles. The van der Waals surface area contributed by atoms with Gasteiger partial charge in [0.05, 0.1) is 32.4 Å². The van der Waals surface area contributed by atoms with Crippen LogP contribution in [0, 0.1) is 0 Å². The maximum atomic E-state index is 11.9. The molecule has 0 unspecified atom stereocenters. The minimum Gasteiger partial charge on any atom is -0.495 e. The Morgan fingerprint density at radius 2 is 1.63 bits per heavy atom. The van der Waals surface area contributed by atoms with Crippen LogP contribution in [-0.2, 0) is 14.3 Å². The van der Waals surface area contributed by atoms with Gasteiger partial charge in [-0.25, -0.2) is 0 Å². The molecule has 2 aromatic rings. The molecule has 0 aromatic heterocycles. The van der Waals surface area contributed by atoms with Gasteiger partial charge in [-0.3, -0.25) is 9.59 Å². The molecule has 0 fully saturated rings. The molecule has 144 valence electrons.